The lowest BCUT2D eigenvalue weighted by Crippen LogP contribution is -2.17. The number of nitro groups is 1. The zero-order valence-corrected chi connectivity index (χ0v) is 10.1. The minimum atomic E-state index is -1.03. The van der Waals surface area contributed by atoms with Crippen LogP contribution in [0.1, 0.15) is 12.5 Å². The monoisotopic (exact) mass is 255 g/mol. The lowest BCUT2D eigenvalue weighted by atomic mass is 10.0. The molecule has 0 aliphatic rings. The topological polar surface area (TPSA) is 122 Å². The van der Waals surface area contributed by atoms with E-state index in [2.05, 4.69) is 5.32 Å². The van der Waals surface area contributed by atoms with E-state index in [1.165, 1.54) is 6.07 Å². The smallest absolute Gasteiger partial charge is 0.297 e. The van der Waals surface area contributed by atoms with Gasteiger partial charge in [-0.15, -0.1) is 0 Å². The summed E-state index contributed by atoms with van der Waals surface area (Å²) in [5.41, 5.74) is 6.36. The van der Waals surface area contributed by atoms with E-state index in [4.69, 9.17) is 10.8 Å². The number of rotatable bonds is 6. The quantitative estimate of drug-likeness (QED) is 0.333. The fourth-order valence-corrected chi connectivity index (χ4v) is 1.70. The number of nitrogens with zero attached hydrogens (tertiary/aromatic N) is 1. The first-order valence-electron chi connectivity index (χ1n) is 5.59. The molecule has 0 bridgehead atoms. The summed E-state index contributed by atoms with van der Waals surface area (Å²) in [6.07, 6.45) is -1.04. The average molecular weight is 255 g/mol. The van der Waals surface area contributed by atoms with Crippen LogP contribution in [0, 0.1) is 10.1 Å². The molecule has 0 fully saturated rings. The summed E-state index contributed by atoms with van der Waals surface area (Å²) < 4.78 is 0. The van der Waals surface area contributed by atoms with E-state index < -0.39 is 17.6 Å². The van der Waals surface area contributed by atoms with Gasteiger partial charge in [-0.2, -0.15) is 0 Å². The van der Waals surface area contributed by atoms with Crippen molar-refractivity contribution in [1.29, 1.82) is 0 Å². The van der Waals surface area contributed by atoms with Crippen molar-refractivity contribution in [3.05, 3.63) is 27.8 Å². The van der Waals surface area contributed by atoms with Crippen LogP contribution >= 0.6 is 0 Å². The molecule has 1 rings (SSSR count). The Balaban J connectivity index is 3.19. The predicted molar refractivity (Wildman–Crippen MR) is 68.5 cm³/mol. The van der Waals surface area contributed by atoms with Gasteiger partial charge in [-0.25, -0.2) is 0 Å². The van der Waals surface area contributed by atoms with Crippen LogP contribution < -0.4 is 11.1 Å². The number of anilines is 2. The number of nitrogens with two attached hydrogens (primary N) is 1. The van der Waals surface area contributed by atoms with Crippen LogP contribution in [-0.4, -0.2) is 34.4 Å². The molecular weight excluding hydrogens is 238 g/mol. The summed E-state index contributed by atoms with van der Waals surface area (Å²) in [5, 5.41) is 32.1. The molecule has 0 radical (unpaired) electrons. The fourth-order valence-electron chi connectivity index (χ4n) is 1.70. The summed E-state index contributed by atoms with van der Waals surface area (Å²) in [4.78, 5) is 10.4. The van der Waals surface area contributed by atoms with Crippen LogP contribution in [0.15, 0.2) is 12.1 Å². The van der Waals surface area contributed by atoms with Gasteiger partial charge in [0.15, 0.2) is 0 Å². The Morgan fingerprint density at radius 2 is 2.22 bits per heavy atom. The van der Waals surface area contributed by atoms with Crippen LogP contribution in [0.25, 0.3) is 0 Å². The summed E-state index contributed by atoms with van der Waals surface area (Å²) in [6, 6.07) is 3.16. The first-order valence-corrected chi connectivity index (χ1v) is 5.59. The van der Waals surface area contributed by atoms with Gasteiger partial charge in [0.05, 0.1) is 23.3 Å². The van der Waals surface area contributed by atoms with Crippen molar-refractivity contribution in [2.24, 2.45) is 0 Å². The second kappa shape index (κ2) is 6.18. The number of aliphatic hydroxyl groups is 2. The SMILES string of the molecule is CCNc1ccc(CC(O)CO)c([N+](=O)[O-])c1N. The molecule has 1 aromatic rings. The van der Waals surface area contributed by atoms with Gasteiger partial charge in [-0.1, -0.05) is 0 Å². The van der Waals surface area contributed by atoms with E-state index in [0.29, 0.717) is 17.8 Å². The molecule has 1 atom stereocenters. The van der Waals surface area contributed by atoms with E-state index in [9.17, 15) is 15.2 Å². The third-order valence-electron chi connectivity index (χ3n) is 2.52. The maximum atomic E-state index is 11.0. The molecule has 0 aromatic heterocycles. The Hall–Kier alpha value is -1.86. The van der Waals surface area contributed by atoms with Gasteiger partial charge in [0.1, 0.15) is 5.69 Å². The number of nitrogen functional groups attached to an aromatic ring is 1. The van der Waals surface area contributed by atoms with E-state index in [-0.39, 0.29) is 17.8 Å². The molecule has 7 heteroatoms. The van der Waals surface area contributed by atoms with Gasteiger partial charge in [-0.3, -0.25) is 10.1 Å². The molecule has 0 saturated heterocycles. The van der Waals surface area contributed by atoms with Crippen LogP contribution in [0.4, 0.5) is 17.1 Å². The van der Waals surface area contributed by atoms with Crippen LogP contribution in [-0.2, 0) is 6.42 Å². The second-order valence-corrected chi connectivity index (χ2v) is 3.86. The Kier molecular flexibility index (Phi) is 4.87. The maximum absolute atomic E-state index is 11.0. The third-order valence-corrected chi connectivity index (χ3v) is 2.52. The first kappa shape index (κ1) is 14.2. The van der Waals surface area contributed by atoms with Crippen LogP contribution in [0.3, 0.4) is 0 Å². The van der Waals surface area contributed by atoms with Gasteiger partial charge in [0.2, 0.25) is 0 Å². The summed E-state index contributed by atoms with van der Waals surface area (Å²) in [7, 11) is 0. The number of nitrogens with one attached hydrogen (secondary N) is 1. The first-order chi connectivity index (χ1) is 8.51. The van der Waals surface area contributed by atoms with E-state index >= 15 is 0 Å². The second-order valence-electron chi connectivity index (χ2n) is 3.86. The van der Waals surface area contributed by atoms with E-state index in [1.54, 1.807) is 6.07 Å². The molecule has 18 heavy (non-hydrogen) atoms. The van der Waals surface area contributed by atoms with Crippen molar-refractivity contribution >= 4 is 17.1 Å². The van der Waals surface area contributed by atoms with Crippen LogP contribution in [0.5, 0.6) is 0 Å². The number of hydrogen-bond donors (Lipinski definition) is 4. The van der Waals surface area contributed by atoms with E-state index in [0.717, 1.165) is 0 Å². The predicted octanol–water partition coefficient (Wildman–Crippen LogP) is 0.504. The number of hydrogen-bond acceptors (Lipinski definition) is 6. The minimum absolute atomic E-state index is 0.0105. The van der Waals surface area contributed by atoms with Gasteiger partial charge in [0.25, 0.3) is 5.69 Å². The lowest BCUT2D eigenvalue weighted by Gasteiger charge is -2.12. The van der Waals surface area contributed by atoms with Gasteiger partial charge >= 0.3 is 0 Å². The zero-order chi connectivity index (χ0) is 13.7. The van der Waals surface area contributed by atoms with Gasteiger partial charge in [-0.05, 0) is 19.1 Å². The lowest BCUT2D eigenvalue weighted by molar-refractivity contribution is -0.384. The average Bonchev–Trinajstić information content (AvgIpc) is 2.32. The molecular formula is C11H17N3O4. The van der Waals surface area contributed by atoms with Crippen molar-refractivity contribution in [1.82, 2.24) is 0 Å². The molecule has 1 unspecified atom stereocenters. The van der Waals surface area contributed by atoms with Crippen molar-refractivity contribution in [2.75, 3.05) is 24.2 Å². The summed E-state index contributed by atoms with van der Waals surface area (Å²) in [5.74, 6) is 0. The molecule has 7 nitrogen and oxygen atoms in total. The third kappa shape index (κ3) is 3.08. The normalized spacial score (nSPS) is 12.2. The van der Waals surface area contributed by atoms with Crippen molar-refractivity contribution < 1.29 is 15.1 Å². The van der Waals surface area contributed by atoms with Gasteiger partial charge < -0.3 is 21.3 Å². The highest BCUT2D eigenvalue weighted by molar-refractivity contribution is 5.78. The Morgan fingerprint density at radius 3 is 2.72 bits per heavy atom. The van der Waals surface area contributed by atoms with Crippen molar-refractivity contribution in [3.8, 4) is 0 Å². The molecule has 0 spiro atoms. The van der Waals surface area contributed by atoms with E-state index in [1.807, 2.05) is 6.92 Å². The summed E-state index contributed by atoms with van der Waals surface area (Å²) in [6.45, 7) is 2.00. The molecule has 5 N–H and O–H groups in total. The van der Waals surface area contributed by atoms with Crippen molar-refractivity contribution in [3.63, 3.8) is 0 Å². The maximum Gasteiger partial charge on any atom is 0.297 e. The highest BCUT2D eigenvalue weighted by Crippen LogP contribution is 2.33. The zero-order valence-electron chi connectivity index (χ0n) is 10.1. The largest absolute Gasteiger partial charge is 0.394 e. The summed E-state index contributed by atoms with van der Waals surface area (Å²) >= 11 is 0. The number of nitro benzene ring substituents is 1. The molecule has 0 amide bonds. The molecule has 0 aliphatic heterocycles. The molecule has 0 saturated carbocycles. The highest BCUT2D eigenvalue weighted by Gasteiger charge is 2.22. The fraction of sp³-hybridized carbons (Fsp3) is 0.455. The van der Waals surface area contributed by atoms with Crippen LogP contribution in [0.2, 0.25) is 0 Å². The number of benzene rings is 1. The molecule has 0 heterocycles. The van der Waals surface area contributed by atoms with Gasteiger partial charge in [0, 0.05) is 18.5 Å². The molecule has 1 aromatic carbocycles. The Morgan fingerprint density at radius 1 is 1.56 bits per heavy atom. The minimum Gasteiger partial charge on any atom is -0.394 e. The standard InChI is InChI=1S/C11H17N3O4/c1-2-13-9-4-3-7(5-8(16)6-15)11(10(9)12)14(17)18/h3-4,8,13,15-16H,2,5-6,12H2,1H3. The Bertz CT molecular complexity index is 437. The Labute approximate surface area is 104 Å². The van der Waals surface area contributed by atoms with Crippen molar-refractivity contribution in [2.45, 2.75) is 19.4 Å². The molecule has 0 aliphatic carbocycles. The number of aliphatic hydroxyl groups excluding tert-OH is 2. The molecule has 100 valence electrons. The highest BCUT2D eigenvalue weighted by atomic mass is 16.6.